The monoisotopic (exact) mass is 259 g/mol. The SMILES string of the molecule is COCCOc1ccc(-n2cc(C)ccc2=O)cc1. The normalized spacial score (nSPS) is 10.4. The third-order valence-corrected chi connectivity index (χ3v) is 2.73. The Balaban J connectivity index is 2.18. The molecule has 1 heterocycles. The quantitative estimate of drug-likeness (QED) is 0.773. The predicted molar refractivity (Wildman–Crippen MR) is 74.1 cm³/mol. The highest BCUT2D eigenvalue weighted by Gasteiger charge is 2.00. The molecular formula is C15H17NO3. The van der Waals surface area contributed by atoms with Gasteiger partial charge in [-0.3, -0.25) is 9.36 Å². The zero-order chi connectivity index (χ0) is 13.7. The van der Waals surface area contributed by atoms with Crippen molar-refractivity contribution < 1.29 is 9.47 Å². The minimum Gasteiger partial charge on any atom is -0.491 e. The fourth-order valence-corrected chi connectivity index (χ4v) is 1.74. The van der Waals surface area contributed by atoms with Gasteiger partial charge in [0.05, 0.1) is 6.61 Å². The van der Waals surface area contributed by atoms with Gasteiger partial charge in [-0.1, -0.05) is 6.07 Å². The summed E-state index contributed by atoms with van der Waals surface area (Å²) < 4.78 is 12.0. The van der Waals surface area contributed by atoms with E-state index in [9.17, 15) is 4.79 Å². The summed E-state index contributed by atoms with van der Waals surface area (Å²) in [4.78, 5) is 11.8. The maximum Gasteiger partial charge on any atom is 0.255 e. The van der Waals surface area contributed by atoms with Crippen LogP contribution in [0.4, 0.5) is 0 Å². The van der Waals surface area contributed by atoms with Crippen molar-refractivity contribution in [3.05, 3.63) is 58.5 Å². The minimum atomic E-state index is -0.0429. The minimum absolute atomic E-state index is 0.0429. The molecule has 0 atom stereocenters. The van der Waals surface area contributed by atoms with Crippen molar-refractivity contribution in [2.75, 3.05) is 20.3 Å². The number of nitrogens with zero attached hydrogens (tertiary/aromatic N) is 1. The molecule has 1 aromatic carbocycles. The second-order valence-electron chi connectivity index (χ2n) is 4.25. The Kier molecular flexibility index (Phi) is 4.36. The molecule has 0 saturated heterocycles. The van der Waals surface area contributed by atoms with Gasteiger partial charge >= 0.3 is 0 Å². The van der Waals surface area contributed by atoms with Crippen LogP contribution >= 0.6 is 0 Å². The molecule has 19 heavy (non-hydrogen) atoms. The molecule has 1 aromatic heterocycles. The molecule has 0 radical (unpaired) electrons. The summed E-state index contributed by atoms with van der Waals surface area (Å²) in [5.41, 5.74) is 1.83. The number of ether oxygens (including phenoxy) is 2. The molecule has 2 aromatic rings. The average molecular weight is 259 g/mol. The van der Waals surface area contributed by atoms with Crippen LogP contribution in [0.3, 0.4) is 0 Å². The lowest BCUT2D eigenvalue weighted by Crippen LogP contribution is -2.16. The Labute approximate surface area is 112 Å². The molecule has 0 aliphatic carbocycles. The number of rotatable bonds is 5. The van der Waals surface area contributed by atoms with Gasteiger partial charge in [0.2, 0.25) is 0 Å². The lowest BCUT2D eigenvalue weighted by Gasteiger charge is -2.09. The predicted octanol–water partition coefficient (Wildman–Crippen LogP) is 2.17. The summed E-state index contributed by atoms with van der Waals surface area (Å²) in [6.45, 7) is 3.03. The number of aryl methyl sites for hydroxylation is 1. The highest BCUT2D eigenvalue weighted by atomic mass is 16.5. The van der Waals surface area contributed by atoms with Crippen LogP contribution in [0, 0.1) is 6.92 Å². The Morgan fingerprint density at radius 3 is 2.47 bits per heavy atom. The molecule has 0 bridgehead atoms. The number of aromatic nitrogens is 1. The fourth-order valence-electron chi connectivity index (χ4n) is 1.74. The average Bonchev–Trinajstić information content (AvgIpc) is 2.43. The topological polar surface area (TPSA) is 40.5 Å². The molecule has 0 fully saturated rings. The first-order chi connectivity index (χ1) is 9.20. The van der Waals surface area contributed by atoms with Gasteiger partial charge in [0.25, 0.3) is 5.56 Å². The second kappa shape index (κ2) is 6.20. The Morgan fingerprint density at radius 2 is 1.79 bits per heavy atom. The largest absolute Gasteiger partial charge is 0.491 e. The Hall–Kier alpha value is -2.07. The smallest absolute Gasteiger partial charge is 0.255 e. The lowest BCUT2D eigenvalue weighted by atomic mass is 10.2. The molecule has 0 saturated carbocycles. The van der Waals surface area contributed by atoms with Gasteiger partial charge in [-0.2, -0.15) is 0 Å². The van der Waals surface area contributed by atoms with E-state index in [0.29, 0.717) is 13.2 Å². The van der Waals surface area contributed by atoms with E-state index in [2.05, 4.69) is 0 Å². The molecular weight excluding hydrogens is 242 g/mol. The van der Waals surface area contributed by atoms with Gasteiger partial charge in [-0.25, -0.2) is 0 Å². The van der Waals surface area contributed by atoms with E-state index >= 15 is 0 Å². The first kappa shape index (κ1) is 13.4. The number of methoxy groups -OCH3 is 1. The van der Waals surface area contributed by atoms with Crippen molar-refractivity contribution in [3.8, 4) is 11.4 Å². The first-order valence-corrected chi connectivity index (χ1v) is 6.12. The maximum absolute atomic E-state index is 11.8. The van der Waals surface area contributed by atoms with Crippen LogP contribution in [0.2, 0.25) is 0 Å². The van der Waals surface area contributed by atoms with Crippen molar-refractivity contribution in [2.45, 2.75) is 6.92 Å². The Morgan fingerprint density at radius 1 is 1.05 bits per heavy atom. The second-order valence-corrected chi connectivity index (χ2v) is 4.25. The van der Waals surface area contributed by atoms with Crippen LogP contribution in [-0.4, -0.2) is 24.9 Å². The molecule has 2 rings (SSSR count). The number of hydrogen-bond acceptors (Lipinski definition) is 3. The van der Waals surface area contributed by atoms with Gasteiger partial charge in [0, 0.05) is 25.1 Å². The lowest BCUT2D eigenvalue weighted by molar-refractivity contribution is 0.146. The molecule has 0 aliphatic rings. The molecule has 0 N–H and O–H groups in total. The third-order valence-electron chi connectivity index (χ3n) is 2.73. The maximum atomic E-state index is 11.8. The highest BCUT2D eigenvalue weighted by molar-refractivity contribution is 5.38. The van der Waals surface area contributed by atoms with E-state index in [4.69, 9.17) is 9.47 Å². The zero-order valence-electron chi connectivity index (χ0n) is 11.1. The van der Waals surface area contributed by atoms with E-state index in [1.165, 1.54) is 0 Å². The number of pyridine rings is 1. The molecule has 0 aliphatic heterocycles. The van der Waals surface area contributed by atoms with E-state index in [0.717, 1.165) is 17.0 Å². The number of hydrogen-bond donors (Lipinski definition) is 0. The fraction of sp³-hybridized carbons (Fsp3) is 0.267. The summed E-state index contributed by atoms with van der Waals surface area (Å²) in [7, 11) is 1.64. The van der Waals surface area contributed by atoms with E-state index in [-0.39, 0.29) is 5.56 Å². The van der Waals surface area contributed by atoms with Gasteiger partial charge in [-0.15, -0.1) is 0 Å². The van der Waals surface area contributed by atoms with Gasteiger partial charge in [0.15, 0.2) is 0 Å². The van der Waals surface area contributed by atoms with Crippen molar-refractivity contribution in [1.82, 2.24) is 4.57 Å². The third kappa shape index (κ3) is 3.45. The summed E-state index contributed by atoms with van der Waals surface area (Å²) in [6, 6.07) is 10.8. The van der Waals surface area contributed by atoms with Gasteiger partial charge in [-0.05, 0) is 36.8 Å². The molecule has 0 unspecified atom stereocenters. The van der Waals surface area contributed by atoms with Crippen LogP contribution in [0.5, 0.6) is 5.75 Å². The van der Waals surface area contributed by atoms with Crippen molar-refractivity contribution in [1.29, 1.82) is 0 Å². The first-order valence-electron chi connectivity index (χ1n) is 6.12. The van der Waals surface area contributed by atoms with Crippen LogP contribution < -0.4 is 10.3 Å². The highest BCUT2D eigenvalue weighted by Crippen LogP contribution is 2.14. The summed E-state index contributed by atoms with van der Waals surface area (Å²) in [6.07, 6.45) is 1.82. The molecule has 100 valence electrons. The van der Waals surface area contributed by atoms with E-state index in [1.54, 1.807) is 23.8 Å². The zero-order valence-corrected chi connectivity index (χ0v) is 11.1. The molecule has 4 nitrogen and oxygen atoms in total. The van der Waals surface area contributed by atoms with E-state index in [1.807, 2.05) is 37.4 Å². The van der Waals surface area contributed by atoms with Gasteiger partial charge < -0.3 is 9.47 Å². The van der Waals surface area contributed by atoms with Crippen molar-refractivity contribution >= 4 is 0 Å². The van der Waals surface area contributed by atoms with Crippen molar-refractivity contribution in [3.63, 3.8) is 0 Å². The van der Waals surface area contributed by atoms with Crippen LogP contribution in [-0.2, 0) is 4.74 Å². The molecule has 0 amide bonds. The van der Waals surface area contributed by atoms with Crippen LogP contribution in [0.25, 0.3) is 5.69 Å². The Bertz CT molecular complexity index is 587. The van der Waals surface area contributed by atoms with Crippen LogP contribution in [0.1, 0.15) is 5.56 Å². The number of benzene rings is 1. The van der Waals surface area contributed by atoms with Gasteiger partial charge in [0.1, 0.15) is 12.4 Å². The summed E-state index contributed by atoms with van der Waals surface area (Å²) >= 11 is 0. The molecule has 0 spiro atoms. The van der Waals surface area contributed by atoms with Crippen LogP contribution in [0.15, 0.2) is 47.4 Å². The summed E-state index contributed by atoms with van der Waals surface area (Å²) in [5, 5.41) is 0. The van der Waals surface area contributed by atoms with E-state index < -0.39 is 0 Å². The molecule has 4 heteroatoms. The summed E-state index contributed by atoms with van der Waals surface area (Å²) in [5.74, 6) is 0.765. The van der Waals surface area contributed by atoms with Crippen molar-refractivity contribution in [2.24, 2.45) is 0 Å². The standard InChI is InChI=1S/C15H17NO3/c1-12-3-8-15(17)16(11-12)13-4-6-14(7-5-13)19-10-9-18-2/h3-8,11H,9-10H2,1-2H3.